The van der Waals surface area contributed by atoms with Crippen LogP contribution in [0.25, 0.3) is 0 Å². The Bertz CT molecular complexity index is 606. The van der Waals surface area contributed by atoms with E-state index in [0.717, 1.165) is 29.1 Å². The molecule has 0 spiro atoms. The third-order valence-corrected chi connectivity index (χ3v) is 3.96. The molecule has 98 valence electrons. The smallest absolute Gasteiger partial charge is 0.210 e. The van der Waals surface area contributed by atoms with Crippen LogP contribution in [0.15, 0.2) is 29.4 Å². The minimum Gasteiger partial charge on any atom is -0.293 e. The summed E-state index contributed by atoms with van der Waals surface area (Å²) in [7, 11) is 0. The van der Waals surface area contributed by atoms with Crippen LogP contribution in [-0.2, 0) is 0 Å². The lowest BCUT2D eigenvalue weighted by Gasteiger charge is -2.03. The molecule has 1 heterocycles. The number of aryl methyl sites for hydroxylation is 1. The van der Waals surface area contributed by atoms with Gasteiger partial charge in [-0.25, -0.2) is 4.68 Å². The lowest BCUT2D eigenvalue weighted by molar-refractivity contribution is 0.102. The molecular weight excluding hydrogens is 260 g/mol. The highest BCUT2D eigenvalue weighted by atomic mass is 32.2. The van der Waals surface area contributed by atoms with Gasteiger partial charge in [-0.1, -0.05) is 35.5 Å². The number of hydrogen-bond donors (Lipinski definition) is 0. The predicted molar refractivity (Wildman–Crippen MR) is 72.3 cm³/mol. The van der Waals surface area contributed by atoms with Crippen LogP contribution in [0.3, 0.4) is 0 Å². The molecule has 1 aromatic carbocycles. The summed E-state index contributed by atoms with van der Waals surface area (Å²) in [5, 5.41) is 12.4. The van der Waals surface area contributed by atoms with Gasteiger partial charge in [0.15, 0.2) is 5.78 Å². The zero-order chi connectivity index (χ0) is 13.2. The Morgan fingerprint density at radius 3 is 3.05 bits per heavy atom. The topological polar surface area (TPSA) is 60.7 Å². The van der Waals surface area contributed by atoms with Crippen molar-refractivity contribution in [3.8, 4) is 0 Å². The van der Waals surface area contributed by atoms with Gasteiger partial charge in [-0.15, -0.1) is 5.10 Å². The molecule has 6 heteroatoms. The van der Waals surface area contributed by atoms with Gasteiger partial charge in [0, 0.05) is 5.56 Å². The third kappa shape index (κ3) is 2.84. The van der Waals surface area contributed by atoms with Gasteiger partial charge >= 0.3 is 0 Å². The highest BCUT2D eigenvalue weighted by molar-refractivity contribution is 7.99. The number of carbonyl (C=O) groups is 1. The molecule has 0 radical (unpaired) electrons. The molecule has 1 aromatic heterocycles. The lowest BCUT2D eigenvalue weighted by Crippen LogP contribution is -2.05. The number of rotatable bonds is 5. The highest BCUT2D eigenvalue weighted by Gasteiger charge is 2.28. The van der Waals surface area contributed by atoms with Crippen LogP contribution in [0.5, 0.6) is 0 Å². The zero-order valence-corrected chi connectivity index (χ0v) is 11.4. The summed E-state index contributed by atoms with van der Waals surface area (Å²) in [5.41, 5.74) is 1.84. The summed E-state index contributed by atoms with van der Waals surface area (Å²) in [6.45, 7) is 1.98. The van der Waals surface area contributed by atoms with E-state index in [-0.39, 0.29) is 5.78 Å². The molecule has 19 heavy (non-hydrogen) atoms. The molecule has 1 saturated carbocycles. The van der Waals surface area contributed by atoms with E-state index in [2.05, 4.69) is 15.5 Å². The van der Waals surface area contributed by atoms with Crippen molar-refractivity contribution in [3.63, 3.8) is 0 Å². The molecular formula is C13H14N4OS. The van der Waals surface area contributed by atoms with Gasteiger partial charge in [0.1, 0.15) is 0 Å². The number of nitrogens with zero attached hydrogens (tertiary/aromatic N) is 4. The van der Waals surface area contributed by atoms with E-state index in [1.165, 1.54) is 11.8 Å². The number of ketones is 1. The zero-order valence-electron chi connectivity index (χ0n) is 10.6. The minimum atomic E-state index is 0.110. The average Bonchev–Trinajstić information content (AvgIpc) is 3.15. The normalized spacial score (nSPS) is 14.6. The van der Waals surface area contributed by atoms with E-state index in [1.807, 2.05) is 35.9 Å². The van der Waals surface area contributed by atoms with Crippen molar-refractivity contribution in [1.82, 2.24) is 20.2 Å². The van der Waals surface area contributed by atoms with E-state index < -0.39 is 0 Å². The quantitative estimate of drug-likeness (QED) is 0.618. The van der Waals surface area contributed by atoms with E-state index >= 15 is 0 Å². The maximum atomic E-state index is 12.1. The Hall–Kier alpha value is -1.69. The maximum Gasteiger partial charge on any atom is 0.210 e. The Morgan fingerprint density at radius 1 is 1.47 bits per heavy atom. The average molecular weight is 274 g/mol. The Labute approximate surface area is 115 Å². The van der Waals surface area contributed by atoms with Crippen LogP contribution in [0.2, 0.25) is 0 Å². The molecule has 3 rings (SSSR count). The second-order valence-electron chi connectivity index (χ2n) is 4.72. The van der Waals surface area contributed by atoms with Gasteiger partial charge in [-0.3, -0.25) is 4.79 Å². The van der Waals surface area contributed by atoms with E-state index in [9.17, 15) is 4.79 Å². The number of thioether (sulfide) groups is 1. The molecule has 1 fully saturated rings. The molecule has 0 amide bonds. The molecule has 0 saturated heterocycles. The molecule has 0 atom stereocenters. The fourth-order valence-corrected chi connectivity index (χ4v) is 2.70. The van der Waals surface area contributed by atoms with Crippen molar-refractivity contribution in [3.05, 3.63) is 35.4 Å². The summed E-state index contributed by atoms with van der Waals surface area (Å²) in [6.07, 6.45) is 2.26. The van der Waals surface area contributed by atoms with Crippen LogP contribution in [-0.4, -0.2) is 31.7 Å². The van der Waals surface area contributed by atoms with Crippen LogP contribution in [0.4, 0.5) is 0 Å². The van der Waals surface area contributed by atoms with E-state index in [4.69, 9.17) is 0 Å². The van der Waals surface area contributed by atoms with Crippen LogP contribution in [0.1, 0.15) is 34.8 Å². The summed E-state index contributed by atoms with van der Waals surface area (Å²) in [5.74, 6) is 0.482. The van der Waals surface area contributed by atoms with Gasteiger partial charge in [0.25, 0.3) is 0 Å². The molecule has 0 N–H and O–H groups in total. The molecule has 0 aliphatic heterocycles. The number of aromatic nitrogens is 4. The van der Waals surface area contributed by atoms with Crippen LogP contribution >= 0.6 is 11.8 Å². The Kier molecular flexibility index (Phi) is 3.33. The highest BCUT2D eigenvalue weighted by Crippen LogP contribution is 2.36. The molecule has 5 nitrogen and oxygen atoms in total. The molecule has 1 aliphatic carbocycles. The summed E-state index contributed by atoms with van der Waals surface area (Å²) < 4.78 is 1.83. The summed E-state index contributed by atoms with van der Waals surface area (Å²) >= 11 is 1.41. The van der Waals surface area contributed by atoms with Gasteiger partial charge in [-0.05, 0) is 36.3 Å². The lowest BCUT2D eigenvalue weighted by atomic mass is 10.1. The van der Waals surface area contributed by atoms with Gasteiger partial charge < -0.3 is 0 Å². The first-order chi connectivity index (χ1) is 9.24. The fraction of sp³-hybridized carbons (Fsp3) is 0.385. The minimum absolute atomic E-state index is 0.110. The molecule has 1 aliphatic rings. The van der Waals surface area contributed by atoms with Crippen molar-refractivity contribution in [2.45, 2.75) is 31.0 Å². The van der Waals surface area contributed by atoms with Crippen LogP contribution < -0.4 is 0 Å². The fourth-order valence-electron chi connectivity index (χ4n) is 1.86. The van der Waals surface area contributed by atoms with E-state index in [1.54, 1.807) is 0 Å². The van der Waals surface area contributed by atoms with Crippen LogP contribution in [0, 0.1) is 6.92 Å². The number of tetrazole rings is 1. The first-order valence-electron chi connectivity index (χ1n) is 6.24. The van der Waals surface area contributed by atoms with E-state index in [0.29, 0.717) is 11.8 Å². The summed E-state index contributed by atoms with van der Waals surface area (Å²) in [6, 6.07) is 8.08. The second-order valence-corrected chi connectivity index (χ2v) is 5.66. The number of benzene rings is 1. The number of Topliss-reactive ketones (excluding diaryl/α,β-unsaturated/α-hetero) is 1. The van der Waals surface area contributed by atoms with Gasteiger partial charge in [0.2, 0.25) is 5.16 Å². The maximum absolute atomic E-state index is 12.1. The SMILES string of the molecule is Cc1cccc(C(=O)CSc2nnnn2C2CC2)c1. The van der Waals surface area contributed by atoms with Gasteiger partial charge in [-0.2, -0.15) is 0 Å². The monoisotopic (exact) mass is 274 g/mol. The summed E-state index contributed by atoms with van der Waals surface area (Å²) in [4.78, 5) is 12.1. The Morgan fingerprint density at radius 2 is 2.32 bits per heavy atom. The molecule has 2 aromatic rings. The third-order valence-electron chi connectivity index (χ3n) is 3.03. The second kappa shape index (κ2) is 5.13. The Balaban J connectivity index is 1.65. The standard InChI is InChI=1S/C13H14N4OS/c1-9-3-2-4-10(7-9)12(18)8-19-13-14-15-16-17(13)11-5-6-11/h2-4,7,11H,5-6,8H2,1H3. The largest absolute Gasteiger partial charge is 0.293 e. The van der Waals surface area contributed by atoms with Gasteiger partial charge in [0.05, 0.1) is 11.8 Å². The number of hydrogen-bond acceptors (Lipinski definition) is 5. The van der Waals surface area contributed by atoms with Crippen molar-refractivity contribution < 1.29 is 4.79 Å². The van der Waals surface area contributed by atoms with Crippen molar-refractivity contribution in [1.29, 1.82) is 0 Å². The van der Waals surface area contributed by atoms with Crippen molar-refractivity contribution in [2.24, 2.45) is 0 Å². The molecule has 0 unspecified atom stereocenters. The van der Waals surface area contributed by atoms with Crippen molar-refractivity contribution in [2.75, 3.05) is 5.75 Å². The predicted octanol–water partition coefficient (Wildman–Crippen LogP) is 2.29. The number of carbonyl (C=O) groups excluding carboxylic acids is 1. The molecule has 0 bridgehead atoms. The first-order valence-corrected chi connectivity index (χ1v) is 7.23. The van der Waals surface area contributed by atoms with Crippen molar-refractivity contribution >= 4 is 17.5 Å². The first kappa shape index (κ1) is 12.3.